The van der Waals surface area contributed by atoms with Gasteiger partial charge in [-0.05, 0) is 18.2 Å². The summed E-state index contributed by atoms with van der Waals surface area (Å²) in [6, 6.07) is 12.0. The summed E-state index contributed by atoms with van der Waals surface area (Å²) < 4.78 is 10.3. The van der Waals surface area contributed by atoms with Gasteiger partial charge in [-0.1, -0.05) is 18.2 Å². The summed E-state index contributed by atoms with van der Waals surface area (Å²) in [6.07, 6.45) is 1.79. The van der Waals surface area contributed by atoms with Crippen LogP contribution in [0.1, 0.15) is 5.56 Å². The molecule has 0 aliphatic carbocycles. The minimum Gasteiger partial charge on any atom is -0.495 e. The maximum atomic E-state index is 11.7. The first-order valence-corrected chi connectivity index (χ1v) is 9.05. The first-order chi connectivity index (χ1) is 13.2. The quantitative estimate of drug-likeness (QED) is 0.800. The molecule has 0 spiro atoms. The number of anilines is 2. The highest BCUT2D eigenvalue weighted by Gasteiger charge is 2.22. The number of nitrogens with one attached hydrogen (secondary N) is 1. The van der Waals surface area contributed by atoms with E-state index in [4.69, 9.17) is 9.47 Å². The van der Waals surface area contributed by atoms with Gasteiger partial charge < -0.3 is 24.6 Å². The van der Waals surface area contributed by atoms with Crippen molar-refractivity contribution >= 4 is 17.4 Å². The van der Waals surface area contributed by atoms with Gasteiger partial charge in [0.1, 0.15) is 18.2 Å². The number of hydrogen-bond acceptors (Lipinski definition) is 6. The average molecular weight is 370 g/mol. The number of hydrogen-bond donors (Lipinski definition) is 1. The third kappa shape index (κ3) is 4.68. The molecule has 1 amide bonds. The van der Waals surface area contributed by atoms with E-state index in [9.17, 15) is 4.79 Å². The molecule has 1 aromatic heterocycles. The molecule has 2 aromatic rings. The number of ether oxygens (including phenoxy) is 2. The standard InChI is InChI=1S/C20H26N4O3/c1-26-15-19(25)22-14-16-6-5-9-21-20(16)24-12-10-23(11-13-24)17-7-3-4-8-18(17)27-2/h3-9H,10-15H2,1-2H3,(H,22,25). The summed E-state index contributed by atoms with van der Waals surface area (Å²) in [5.74, 6) is 1.69. The highest BCUT2D eigenvalue weighted by Crippen LogP contribution is 2.29. The van der Waals surface area contributed by atoms with E-state index < -0.39 is 0 Å². The maximum Gasteiger partial charge on any atom is 0.246 e. The monoisotopic (exact) mass is 370 g/mol. The van der Waals surface area contributed by atoms with Crippen molar-refractivity contribution < 1.29 is 14.3 Å². The van der Waals surface area contributed by atoms with E-state index in [0.29, 0.717) is 6.54 Å². The largest absolute Gasteiger partial charge is 0.495 e. The van der Waals surface area contributed by atoms with E-state index >= 15 is 0 Å². The number of carbonyl (C=O) groups is 1. The second kappa shape index (κ2) is 9.23. The van der Waals surface area contributed by atoms with Crippen LogP contribution in [0.5, 0.6) is 5.75 Å². The lowest BCUT2D eigenvalue weighted by Gasteiger charge is -2.37. The van der Waals surface area contributed by atoms with Crippen molar-refractivity contribution in [1.29, 1.82) is 0 Å². The van der Waals surface area contributed by atoms with Gasteiger partial charge >= 0.3 is 0 Å². The number of para-hydroxylation sites is 2. The summed E-state index contributed by atoms with van der Waals surface area (Å²) >= 11 is 0. The van der Waals surface area contributed by atoms with E-state index in [2.05, 4.69) is 26.2 Å². The Kier molecular flexibility index (Phi) is 6.49. The molecule has 0 unspecified atom stereocenters. The molecule has 0 saturated carbocycles. The summed E-state index contributed by atoms with van der Waals surface area (Å²) in [5.41, 5.74) is 2.13. The lowest BCUT2D eigenvalue weighted by Crippen LogP contribution is -2.47. The van der Waals surface area contributed by atoms with Gasteiger partial charge in [-0.15, -0.1) is 0 Å². The molecule has 3 rings (SSSR count). The van der Waals surface area contributed by atoms with Gasteiger partial charge in [0, 0.05) is 51.6 Å². The zero-order valence-electron chi connectivity index (χ0n) is 15.9. The summed E-state index contributed by atoms with van der Waals surface area (Å²) in [6.45, 7) is 3.98. The van der Waals surface area contributed by atoms with Crippen molar-refractivity contribution in [3.8, 4) is 5.75 Å². The van der Waals surface area contributed by atoms with Gasteiger partial charge in [0.05, 0.1) is 12.8 Å². The molecule has 0 atom stereocenters. The highest BCUT2D eigenvalue weighted by atomic mass is 16.5. The Labute approximate surface area is 159 Å². The lowest BCUT2D eigenvalue weighted by atomic mass is 10.2. The Morgan fingerprint density at radius 3 is 2.56 bits per heavy atom. The highest BCUT2D eigenvalue weighted by molar-refractivity contribution is 5.77. The third-order valence-electron chi connectivity index (χ3n) is 4.62. The van der Waals surface area contributed by atoms with Crippen LogP contribution in [0, 0.1) is 0 Å². The van der Waals surface area contributed by atoms with Gasteiger partial charge in [0.2, 0.25) is 5.91 Å². The second-order valence-corrected chi connectivity index (χ2v) is 6.34. The average Bonchev–Trinajstić information content (AvgIpc) is 2.73. The van der Waals surface area contributed by atoms with Gasteiger partial charge in [-0.2, -0.15) is 0 Å². The number of amides is 1. The summed E-state index contributed by atoms with van der Waals surface area (Å²) in [4.78, 5) is 20.8. The number of methoxy groups -OCH3 is 2. The van der Waals surface area contributed by atoms with Crippen molar-refractivity contribution in [1.82, 2.24) is 10.3 Å². The zero-order chi connectivity index (χ0) is 19.1. The molecule has 0 radical (unpaired) electrons. The van der Waals surface area contributed by atoms with E-state index in [0.717, 1.165) is 49.0 Å². The van der Waals surface area contributed by atoms with Crippen molar-refractivity contribution in [3.05, 3.63) is 48.2 Å². The predicted octanol–water partition coefficient (Wildman–Crippen LogP) is 1.68. The van der Waals surface area contributed by atoms with Crippen LogP contribution in [-0.2, 0) is 16.1 Å². The maximum absolute atomic E-state index is 11.7. The van der Waals surface area contributed by atoms with Crippen LogP contribution in [0.4, 0.5) is 11.5 Å². The Balaban J connectivity index is 1.65. The van der Waals surface area contributed by atoms with Crippen LogP contribution in [0.3, 0.4) is 0 Å². The fourth-order valence-electron chi connectivity index (χ4n) is 3.28. The topological polar surface area (TPSA) is 66.9 Å². The molecule has 0 bridgehead atoms. The fraction of sp³-hybridized carbons (Fsp3) is 0.400. The van der Waals surface area contributed by atoms with E-state index in [1.807, 2.05) is 30.3 Å². The van der Waals surface area contributed by atoms with Crippen molar-refractivity contribution in [2.24, 2.45) is 0 Å². The van der Waals surface area contributed by atoms with Crippen LogP contribution < -0.4 is 19.9 Å². The van der Waals surface area contributed by atoms with Gasteiger partial charge in [-0.3, -0.25) is 4.79 Å². The van der Waals surface area contributed by atoms with E-state index in [1.165, 1.54) is 7.11 Å². The Morgan fingerprint density at radius 2 is 1.81 bits per heavy atom. The second-order valence-electron chi connectivity index (χ2n) is 6.34. The first-order valence-electron chi connectivity index (χ1n) is 9.05. The normalized spacial score (nSPS) is 14.1. The SMILES string of the molecule is COCC(=O)NCc1cccnc1N1CCN(c2ccccc2OC)CC1. The Morgan fingerprint density at radius 1 is 1.07 bits per heavy atom. The van der Waals surface area contributed by atoms with Gasteiger partial charge in [-0.25, -0.2) is 4.98 Å². The smallest absolute Gasteiger partial charge is 0.246 e. The van der Waals surface area contributed by atoms with Crippen LogP contribution in [0.15, 0.2) is 42.6 Å². The molecule has 1 saturated heterocycles. The van der Waals surface area contributed by atoms with Gasteiger partial charge in [0.25, 0.3) is 0 Å². The number of pyridine rings is 1. The molecule has 1 fully saturated rings. The molecule has 7 nitrogen and oxygen atoms in total. The minimum atomic E-state index is -0.131. The van der Waals surface area contributed by atoms with Crippen LogP contribution in [0.2, 0.25) is 0 Å². The predicted molar refractivity (Wildman–Crippen MR) is 105 cm³/mol. The van der Waals surface area contributed by atoms with Crippen LogP contribution in [0.25, 0.3) is 0 Å². The number of carbonyl (C=O) groups excluding carboxylic acids is 1. The summed E-state index contributed by atoms with van der Waals surface area (Å²) in [7, 11) is 3.21. The molecule has 1 aliphatic heterocycles. The van der Waals surface area contributed by atoms with Crippen molar-refractivity contribution in [2.45, 2.75) is 6.54 Å². The van der Waals surface area contributed by atoms with E-state index in [1.54, 1.807) is 13.3 Å². The van der Waals surface area contributed by atoms with Crippen LogP contribution in [-0.4, -0.2) is 57.9 Å². The first kappa shape index (κ1) is 19.0. The molecule has 7 heteroatoms. The minimum absolute atomic E-state index is 0.0627. The Hall–Kier alpha value is -2.80. The molecule has 1 N–H and O–H groups in total. The van der Waals surface area contributed by atoms with Crippen LogP contribution >= 0.6 is 0 Å². The number of benzene rings is 1. The van der Waals surface area contributed by atoms with Gasteiger partial charge in [0.15, 0.2) is 0 Å². The molecule has 27 heavy (non-hydrogen) atoms. The Bertz CT molecular complexity index is 760. The summed E-state index contributed by atoms with van der Waals surface area (Å²) in [5, 5.41) is 2.87. The molecular weight excluding hydrogens is 344 g/mol. The molecule has 1 aromatic carbocycles. The lowest BCUT2D eigenvalue weighted by molar-refractivity contribution is -0.124. The number of aromatic nitrogens is 1. The fourth-order valence-corrected chi connectivity index (χ4v) is 3.28. The number of rotatable bonds is 7. The molecule has 2 heterocycles. The van der Waals surface area contributed by atoms with E-state index in [-0.39, 0.29) is 12.5 Å². The van der Waals surface area contributed by atoms with Crippen molar-refractivity contribution in [2.75, 3.05) is 56.8 Å². The number of piperazine rings is 1. The molecule has 1 aliphatic rings. The third-order valence-corrected chi connectivity index (χ3v) is 4.62. The van der Waals surface area contributed by atoms with Crippen molar-refractivity contribution in [3.63, 3.8) is 0 Å². The molecule has 144 valence electrons. The zero-order valence-corrected chi connectivity index (χ0v) is 15.9. The number of nitrogens with zero attached hydrogens (tertiary/aromatic N) is 3. The molecular formula is C20H26N4O3.